The van der Waals surface area contributed by atoms with Crippen LogP contribution in [0.2, 0.25) is 0 Å². The quantitative estimate of drug-likeness (QED) is 0.348. The molecule has 0 bridgehead atoms. The van der Waals surface area contributed by atoms with E-state index < -0.39 is 6.04 Å². The van der Waals surface area contributed by atoms with E-state index in [4.69, 9.17) is 4.74 Å². The Balaban J connectivity index is 1.39. The van der Waals surface area contributed by atoms with E-state index in [0.29, 0.717) is 17.9 Å². The Morgan fingerprint density at radius 1 is 0.949 bits per heavy atom. The number of H-pyrrole nitrogens is 1. The number of para-hydroxylation sites is 3. The number of hydrogen-bond acceptors (Lipinski definition) is 7. The van der Waals surface area contributed by atoms with E-state index in [-0.39, 0.29) is 5.56 Å². The van der Waals surface area contributed by atoms with Crippen LogP contribution in [-0.4, -0.2) is 63.4 Å². The van der Waals surface area contributed by atoms with Crippen molar-refractivity contribution in [2.75, 3.05) is 38.2 Å². The van der Waals surface area contributed by atoms with Gasteiger partial charge in [0.25, 0.3) is 5.56 Å². The van der Waals surface area contributed by atoms with E-state index in [2.05, 4.69) is 48.5 Å². The number of piperazine rings is 1. The normalized spacial score (nSPS) is 15.0. The molecule has 1 saturated heterocycles. The number of aromatic nitrogens is 5. The molecule has 198 valence electrons. The molecule has 0 unspecified atom stereocenters. The summed E-state index contributed by atoms with van der Waals surface area (Å²) in [5, 5.41) is 13.9. The van der Waals surface area contributed by atoms with Gasteiger partial charge in [0.1, 0.15) is 11.8 Å². The molecule has 39 heavy (non-hydrogen) atoms. The zero-order valence-electron chi connectivity index (χ0n) is 22.1. The SMILES string of the molecule is COc1ccccc1N1CCN([C@@H](c2cc3cccc(C)c3[nH]c2=O)c2nnnn2Cc2ccccc2)CC1. The predicted octanol–water partition coefficient (Wildman–Crippen LogP) is 3.79. The Morgan fingerprint density at radius 2 is 1.72 bits per heavy atom. The van der Waals surface area contributed by atoms with Crippen molar-refractivity contribution in [3.63, 3.8) is 0 Å². The molecule has 0 aliphatic carbocycles. The number of ether oxygens (including phenoxy) is 1. The van der Waals surface area contributed by atoms with E-state index in [9.17, 15) is 4.79 Å². The summed E-state index contributed by atoms with van der Waals surface area (Å²) < 4.78 is 7.42. The average Bonchev–Trinajstić information content (AvgIpc) is 3.42. The topological polar surface area (TPSA) is 92.2 Å². The third-order valence-corrected chi connectivity index (χ3v) is 7.50. The monoisotopic (exact) mass is 521 g/mol. The zero-order chi connectivity index (χ0) is 26.8. The molecule has 0 spiro atoms. The van der Waals surface area contributed by atoms with Gasteiger partial charge in [-0.05, 0) is 52.1 Å². The number of anilines is 1. The van der Waals surface area contributed by atoms with Gasteiger partial charge in [-0.1, -0.05) is 60.7 Å². The van der Waals surface area contributed by atoms with Gasteiger partial charge in [-0.25, -0.2) is 4.68 Å². The third kappa shape index (κ3) is 4.88. The average molecular weight is 522 g/mol. The van der Waals surface area contributed by atoms with Crippen molar-refractivity contribution in [2.45, 2.75) is 19.5 Å². The predicted molar refractivity (Wildman–Crippen MR) is 151 cm³/mol. The standard InChI is InChI=1S/C30H31N7O2/c1-21-9-8-12-23-19-24(30(38)31-27(21)23)28(29-32-33-34-37(29)20-22-10-4-3-5-11-22)36-17-15-35(16-18-36)25-13-6-7-14-26(25)39-2/h3-14,19,28H,15-18,20H2,1-2H3,(H,31,38)/t28-/m0/s1. The molecule has 6 rings (SSSR count). The van der Waals surface area contributed by atoms with E-state index in [1.807, 2.05) is 72.3 Å². The maximum atomic E-state index is 13.6. The number of nitrogens with one attached hydrogen (secondary N) is 1. The number of nitrogens with zero attached hydrogens (tertiary/aromatic N) is 6. The Labute approximate surface area is 226 Å². The fourth-order valence-corrected chi connectivity index (χ4v) is 5.49. The minimum atomic E-state index is -0.405. The summed E-state index contributed by atoms with van der Waals surface area (Å²) in [4.78, 5) is 21.4. The first-order chi connectivity index (χ1) is 19.1. The van der Waals surface area contributed by atoms with Gasteiger partial charge >= 0.3 is 0 Å². The second kappa shape index (κ2) is 10.7. The van der Waals surface area contributed by atoms with Crippen molar-refractivity contribution in [2.24, 2.45) is 0 Å². The third-order valence-electron chi connectivity index (χ3n) is 7.50. The molecule has 5 aromatic rings. The first-order valence-electron chi connectivity index (χ1n) is 13.2. The van der Waals surface area contributed by atoms with Gasteiger partial charge in [0.05, 0.1) is 24.9 Å². The van der Waals surface area contributed by atoms with Gasteiger partial charge in [-0.15, -0.1) is 5.10 Å². The van der Waals surface area contributed by atoms with Crippen LogP contribution in [0.4, 0.5) is 5.69 Å². The Hall–Kier alpha value is -4.50. The molecule has 1 aliphatic heterocycles. The smallest absolute Gasteiger partial charge is 0.253 e. The van der Waals surface area contributed by atoms with Gasteiger partial charge in [0.15, 0.2) is 5.82 Å². The van der Waals surface area contributed by atoms with Gasteiger partial charge in [-0.3, -0.25) is 9.69 Å². The van der Waals surface area contributed by atoms with Gasteiger partial charge in [-0.2, -0.15) is 0 Å². The Kier molecular flexibility index (Phi) is 6.81. The van der Waals surface area contributed by atoms with Crippen LogP contribution in [0.1, 0.15) is 28.6 Å². The van der Waals surface area contributed by atoms with Gasteiger partial charge in [0.2, 0.25) is 0 Å². The summed E-state index contributed by atoms with van der Waals surface area (Å²) in [7, 11) is 1.70. The number of pyridine rings is 1. The molecule has 9 heteroatoms. The van der Waals surface area contributed by atoms with Crippen LogP contribution in [-0.2, 0) is 6.54 Å². The molecule has 1 aliphatic rings. The molecule has 0 saturated carbocycles. The highest BCUT2D eigenvalue weighted by Crippen LogP contribution is 2.32. The summed E-state index contributed by atoms with van der Waals surface area (Å²) in [5.74, 6) is 1.51. The van der Waals surface area contributed by atoms with Crippen molar-refractivity contribution < 1.29 is 4.74 Å². The summed E-state index contributed by atoms with van der Waals surface area (Å²) in [6.07, 6.45) is 0. The molecule has 3 heterocycles. The van der Waals surface area contributed by atoms with Crippen LogP contribution in [0.25, 0.3) is 10.9 Å². The fraction of sp³-hybridized carbons (Fsp3) is 0.267. The fourth-order valence-electron chi connectivity index (χ4n) is 5.49. The van der Waals surface area contributed by atoms with E-state index in [0.717, 1.165) is 59.6 Å². The van der Waals surface area contributed by atoms with E-state index in [1.54, 1.807) is 7.11 Å². The second-order valence-electron chi connectivity index (χ2n) is 9.87. The molecular weight excluding hydrogens is 490 g/mol. The van der Waals surface area contributed by atoms with Gasteiger partial charge in [0, 0.05) is 31.7 Å². The number of tetrazole rings is 1. The summed E-state index contributed by atoms with van der Waals surface area (Å²) in [6, 6.07) is 25.8. The lowest BCUT2D eigenvalue weighted by Crippen LogP contribution is -2.49. The highest BCUT2D eigenvalue weighted by Gasteiger charge is 2.33. The number of benzene rings is 3. The lowest BCUT2D eigenvalue weighted by Gasteiger charge is -2.40. The van der Waals surface area contributed by atoms with E-state index >= 15 is 0 Å². The molecule has 1 fully saturated rings. The number of aromatic amines is 1. The second-order valence-corrected chi connectivity index (χ2v) is 9.87. The highest BCUT2D eigenvalue weighted by atomic mass is 16.5. The number of hydrogen-bond donors (Lipinski definition) is 1. The summed E-state index contributed by atoms with van der Waals surface area (Å²) >= 11 is 0. The molecule has 0 radical (unpaired) electrons. The minimum absolute atomic E-state index is 0.122. The minimum Gasteiger partial charge on any atom is -0.495 e. The number of rotatable bonds is 7. The van der Waals surface area contributed by atoms with Crippen LogP contribution in [0.5, 0.6) is 5.75 Å². The van der Waals surface area contributed by atoms with Crippen LogP contribution in [0, 0.1) is 6.92 Å². The van der Waals surface area contributed by atoms with Crippen molar-refractivity contribution >= 4 is 16.6 Å². The molecule has 3 aromatic carbocycles. The van der Waals surface area contributed by atoms with Crippen LogP contribution in [0.15, 0.2) is 83.7 Å². The molecule has 1 atom stereocenters. The maximum absolute atomic E-state index is 13.6. The van der Waals surface area contributed by atoms with Crippen LogP contribution in [0.3, 0.4) is 0 Å². The first-order valence-corrected chi connectivity index (χ1v) is 13.2. The molecule has 9 nitrogen and oxygen atoms in total. The van der Waals surface area contributed by atoms with Crippen molar-refractivity contribution in [3.8, 4) is 5.75 Å². The van der Waals surface area contributed by atoms with Crippen LogP contribution >= 0.6 is 0 Å². The maximum Gasteiger partial charge on any atom is 0.253 e. The van der Waals surface area contributed by atoms with Crippen LogP contribution < -0.4 is 15.2 Å². The summed E-state index contributed by atoms with van der Waals surface area (Å²) in [6.45, 7) is 5.54. The summed E-state index contributed by atoms with van der Waals surface area (Å²) in [5.41, 5.74) is 4.58. The lowest BCUT2D eigenvalue weighted by molar-refractivity contribution is 0.200. The zero-order valence-corrected chi connectivity index (χ0v) is 22.1. The first kappa shape index (κ1) is 24.8. The van der Waals surface area contributed by atoms with E-state index in [1.165, 1.54) is 0 Å². The van der Waals surface area contributed by atoms with Crippen molar-refractivity contribution in [3.05, 3.63) is 112 Å². The number of fused-ring (bicyclic) bond motifs is 1. The van der Waals surface area contributed by atoms with Gasteiger partial charge < -0.3 is 14.6 Å². The Morgan fingerprint density at radius 3 is 2.51 bits per heavy atom. The number of methoxy groups -OCH3 is 1. The van der Waals surface area contributed by atoms with Crippen molar-refractivity contribution in [1.82, 2.24) is 30.1 Å². The van der Waals surface area contributed by atoms with Crippen molar-refractivity contribution in [1.29, 1.82) is 0 Å². The largest absolute Gasteiger partial charge is 0.495 e. The molecule has 0 amide bonds. The highest BCUT2D eigenvalue weighted by molar-refractivity contribution is 5.82. The molecular formula is C30H31N7O2. The number of aryl methyl sites for hydroxylation is 1. The molecule has 1 N–H and O–H groups in total. The molecule has 2 aromatic heterocycles. The lowest BCUT2D eigenvalue weighted by atomic mass is 10.0. The Bertz CT molecular complexity index is 1640.